The predicted octanol–water partition coefficient (Wildman–Crippen LogP) is 4.08. The van der Waals surface area contributed by atoms with E-state index >= 15 is 0 Å². The number of carbonyl (C=O) groups excluding carboxylic acids is 2. The third-order valence-electron chi connectivity index (χ3n) is 5.53. The van der Waals surface area contributed by atoms with Gasteiger partial charge in [0.1, 0.15) is 18.1 Å². The van der Waals surface area contributed by atoms with Crippen LogP contribution in [0.4, 0.5) is 0 Å². The van der Waals surface area contributed by atoms with Crippen molar-refractivity contribution in [3.63, 3.8) is 0 Å². The molecule has 3 N–H and O–H groups in total. The number of carbonyl (C=O) groups is 2. The van der Waals surface area contributed by atoms with Crippen molar-refractivity contribution in [2.75, 3.05) is 7.11 Å². The van der Waals surface area contributed by atoms with Gasteiger partial charge in [-0.25, -0.2) is 5.43 Å². The number of aryl methyl sites for hydroxylation is 1. The van der Waals surface area contributed by atoms with Gasteiger partial charge in [0.15, 0.2) is 0 Å². The fourth-order valence-corrected chi connectivity index (χ4v) is 4.98. The van der Waals surface area contributed by atoms with Crippen LogP contribution in [-0.2, 0) is 19.4 Å². The lowest BCUT2D eigenvalue weighted by Crippen LogP contribution is -2.19. The van der Waals surface area contributed by atoms with Gasteiger partial charge in [-0.15, -0.1) is 11.3 Å². The number of hydrogen-bond acceptors (Lipinski definition) is 6. The summed E-state index contributed by atoms with van der Waals surface area (Å²) in [7, 11) is 1.58. The van der Waals surface area contributed by atoms with Crippen LogP contribution < -0.4 is 20.6 Å². The van der Waals surface area contributed by atoms with E-state index in [1.807, 2.05) is 17.5 Å². The molecule has 0 aliphatic heterocycles. The first-order valence-electron chi connectivity index (χ1n) is 10.7. The smallest absolute Gasteiger partial charge is 0.272 e. The Hall–Kier alpha value is -3.65. The summed E-state index contributed by atoms with van der Waals surface area (Å²) >= 11 is 1.65. The molecule has 0 fully saturated rings. The molecule has 0 unspecified atom stereocenters. The molecule has 1 heterocycles. The number of hydrazone groups is 1. The number of amides is 2. The van der Waals surface area contributed by atoms with Gasteiger partial charge in [0, 0.05) is 15.8 Å². The number of para-hydroxylation sites is 1. The molecule has 170 valence electrons. The molecule has 0 saturated heterocycles. The van der Waals surface area contributed by atoms with E-state index in [1.165, 1.54) is 16.9 Å². The van der Waals surface area contributed by atoms with Crippen LogP contribution >= 0.6 is 11.3 Å². The number of hydrogen-bond donors (Lipinski definition) is 2. The summed E-state index contributed by atoms with van der Waals surface area (Å²) < 4.78 is 11.3. The standard InChI is InChI=1S/C25H25N3O4S/c1-31-21-11-10-16(12-17(21)14-32-22-8-4-2-7-19(22)24(26)29)13-27-28-25(30)20-15-33-23-9-5-3-6-18(20)23/h2,4,7-8,10-13,15H,3,5-6,9,14H2,1H3,(H2,26,29)(H,28,30)/b27-13-. The van der Waals surface area contributed by atoms with Gasteiger partial charge in [0.05, 0.1) is 24.5 Å². The average molecular weight is 464 g/mol. The molecular weight excluding hydrogens is 438 g/mol. The Morgan fingerprint density at radius 3 is 2.76 bits per heavy atom. The number of benzene rings is 2. The van der Waals surface area contributed by atoms with Gasteiger partial charge in [-0.1, -0.05) is 12.1 Å². The van der Waals surface area contributed by atoms with Crippen LogP contribution in [-0.4, -0.2) is 25.1 Å². The van der Waals surface area contributed by atoms with Gasteiger partial charge in [-0.05, 0) is 67.1 Å². The Morgan fingerprint density at radius 1 is 1.12 bits per heavy atom. The lowest BCUT2D eigenvalue weighted by Gasteiger charge is -2.13. The highest BCUT2D eigenvalue weighted by Gasteiger charge is 2.19. The summed E-state index contributed by atoms with van der Waals surface area (Å²) in [4.78, 5) is 25.5. The Labute approximate surface area is 196 Å². The van der Waals surface area contributed by atoms with E-state index in [-0.39, 0.29) is 12.5 Å². The Bertz CT molecular complexity index is 1200. The largest absolute Gasteiger partial charge is 0.496 e. The minimum Gasteiger partial charge on any atom is -0.496 e. The first-order valence-corrected chi connectivity index (χ1v) is 11.6. The number of nitrogens with two attached hydrogens (primary N) is 1. The maximum Gasteiger partial charge on any atom is 0.272 e. The average Bonchev–Trinajstić information content (AvgIpc) is 3.27. The summed E-state index contributed by atoms with van der Waals surface area (Å²) in [6.45, 7) is 0.169. The maximum absolute atomic E-state index is 12.6. The van der Waals surface area contributed by atoms with E-state index in [4.69, 9.17) is 15.2 Å². The van der Waals surface area contributed by atoms with Gasteiger partial charge in [0.25, 0.3) is 11.8 Å². The lowest BCUT2D eigenvalue weighted by atomic mass is 9.96. The first kappa shape index (κ1) is 22.5. The van der Waals surface area contributed by atoms with E-state index in [2.05, 4.69) is 10.5 Å². The quantitative estimate of drug-likeness (QED) is 0.388. The molecule has 0 bridgehead atoms. The molecule has 8 heteroatoms. The van der Waals surface area contributed by atoms with Crippen molar-refractivity contribution < 1.29 is 19.1 Å². The molecule has 3 aromatic rings. The Balaban J connectivity index is 1.44. The molecule has 1 aliphatic rings. The van der Waals surface area contributed by atoms with E-state index < -0.39 is 5.91 Å². The van der Waals surface area contributed by atoms with Crippen LogP contribution in [0, 0.1) is 0 Å². The van der Waals surface area contributed by atoms with Crippen molar-refractivity contribution in [2.24, 2.45) is 10.8 Å². The van der Waals surface area contributed by atoms with Crippen molar-refractivity contribution in [1.82, 2.24) is 5.43 Å². The Kier molecular flexibility index (Phi) is 7.04. The second kappa shape index (κ2) is 10.3. The maximum atomic E-state index is 12.6. The molecule has 33 heavy (non-hydrogen) atoms. The molecule has 4 rings (SSSR count). The zero-order valence-electron chi connectivity index (χ0n) is 18.3. The summed E-state index contributed by atoms with van der Waals surface area (Å²) in [5.74, 6) is 0.294. The fraction of sp³-hybridized carbons (Fsp3) is 0.240. The van der Waals surface area contributed by atoms with Crippen molar-refractivity contribution in [2.45, 2.75) is 32.3 Å². The number of methoxy groups -OCH3 is 1. The van der Waals surface area contributed by atoms with Gasteiger partial charge in [0.2, 0.25) is 0 Å². The minimum atomic E-state index is -0.555. The summed E-state index contributed by atoms with van der Waals surface area (Å²) in [6.07, 6.45) is 5.89. The number of fused-ring (bicyclic) bond motifs is 1. The molecule has 0 saturated carbocycles. The van der Waals surface area contributed by atoms with Gasteiger partial charge in [-0.2, -0.15) is 5.10 Å². The van der Waals surface area contributed by atoms with Crippen LogP contribution in [0.1, 0.15) is 55.1 Å². The van der Waals surface area contributed by atoms with Crippen LogP contribution in [0.25, 0.3) is 0 Å². The highest BCUT2D eigenvalue weighted by atomic mass is 32.1. The summed E-state index contributed by atoms with van der Waals surface area (Å²) in [5.41, 5.74) is 11.8. The zero-order valence-corrected chi connectivity index (χ0v) is 19.1. The van der Waals surface area contributed by atoms with Crippen LogP contribution in [0.3, 0.4) is 0 Å². The minimum absolute atomic E-state index is 0.169. The first-order chi connectivity index (χ1) is 16.1. The highest BCUT2D eigenvalue weighted by molar-refractivity contribution is 7.10. The Morgan fingerprint density at radius 2 is 1.94 bits per heavy atom. The summed E-state index contributed by atoms with van der Waals surface area (Å²) in [6, 6.07) is 12.3. The number of thiophene rings is 1. The topological polar surface area (TPSA) is 103 Å². The number of primary amides is 1. The number of rotatable bonds is 8. The molecule has 7 nitrogen and oxygen atoms in total. The normalized spacial score (nSPS) is 12.9. The predicted molar refractivity (Wildman–Crippen MR) is 128 cm³/mol. The summed E-state index contributed by atoms with van der Waals surface area (Å²) in [5, 5.41) is 6.06. The molecule has 1 aromatic heterocycles. The second-order valence-electron chi connectivity index (χ2n) is 7.68. The van der Waals surface area contributed by atoms with Crippen molar-refractivity contribution in [3.05, 3.63) is 80.5 Å². The van der Waals surface area contributed by atoms with Crippen molar-refractivity contribution in [1.29, 1.82) is 0 Å². The van der Waals surface area contributed by atoms with Crippen LogP contribution in [0.2, 0.25) is 0 Å². The monoisotopic (exact) mass is 463 g/mol. The van der Waals surface area contributed by atoms with Crippen LogP contribution in [0.5, 0.6) is 11.5 Å². The van der Waals surface area contributed by atoms with Crippen molar-refractivity contribution in [3.8, 4) is 11.5 Å². The van der Waals surface area contributed by atoms with Crippen LogP contribution in [0.15, 0.2) is 52.9 Å². The van der Waals surface area contributed by atoms with Gasteiger partial charge < -0.3 is 15.2 Å². The second-order valence-corrected chi connectivity index (χ2v) is 8.64. The van der Waals surface area contributed by atoms with E-state index in [0.29, 0.717) is 17.1 Å². The molecule has 0 spiro atoms. The molecule has 2 amide bonds. The molecule has 0 atom stereocenters. The van der Waals surface area contributed by atoms with Gasteiger partial charge in [-0.3, -0.25) is 9.59 Å². The van der Waals surface area contributed by atoms with E-state index in [1.54, 1.807) is 55.0 Å². The molecule has 2 aromatic carbocycles. The highest BCUT2D eigenvalue weighted by Crippen LogP contribution is 2.30. The SMILES string of the molecule is COc1ccc(/C=N\NC(=O)c2csc3c2CCCC3)cc1COc1ccccc1C(N)=O. The number of nitrogens with one attached hydrogen (secondary N) is 1. The number of ether oxygens (including phenoxy) is 2. The van der Waals surface area contributed by atoms with E-state index in [9.17, 15) is 9.59 Å². The van der Waals surface area contributed by atoms with Gasteiger partial charge >= 0.3 is 0 Å². The molecule has 0 radical (unpaired) electrons. The van der Waals surface area contributed by atoms with E-state index in [0.717, 1.165) is 36.0 Å². The zero-order chi connectivity index (χ0) is 23.2. The lowest BCUT2D eigenvalue weighted by molar-refractivity contribution is 0.0953. The molecule has 1 aliphatic carbocycles. The fourth-order valence-electron chi connectivity index (χ4n) is 3.85. The third-order valence-corrected chi connectivity index (χ3v) is 6.61. The number of nitrogens with zero attached hydrogens (tertiary/aromatic N) is 1. The molecular formula is C25H25N3O4S. The van der Waals surface area contributed by atoms with Crippen molar-refractivity contribution >= 4 is 29.4 Å². The third kappa shape index (κ3) is 5.23.